The molecule has 0 atom stereocenters. The van der Waals surface area contributed by atoms with Crippen LogP contribution in [0.25, 0.3) is 11.1 Å². The van der Waals surface area contributed by atoms with Crippen molar-refractivity contribution in [1.82, 2.24) is 14.7 Å². The van der Waals surface area contributed by atoms with E-state index in [1.807, 2.05) is 42.9 Å². The zero-order chi connectivity index (χ0) is 22.0. The number of para-hydroxylation sites is 1. The first-order valence-corrected chi connectivity index (χ1v) is 10.3. The molecule has 1 aromatic heterocycles. The quantitative estimate of drug-likeness (QED) is 0.601. The monoisotopic (exact) mass is 423 g/mol. The van der Waals surface area contributed by atoms with Crippen LogP contribution < -0.4 is 18.9 Å². The molecular weight excluding hydrogens is 394 g/mol. The maximum Gasteiger partial charge on any atom is 0.168 e. The summed E-state index contributed by atoms with van der Waals surface area (Å²) in [5.74, 6) is 2.92. The number of ether oxygens (including phenoxy) is 4. The summed E-state index contributed by atoms with van der Waals surface area (Å²) in [7, 11) is 6.93. The van der Waals surface area contributed by atoms with Crippen LogP contribution >= 0.6 is 0 Å². The molecule has 4 rings (SSSR count). The number of nitrogens with zero attached hydrogens (tertiary/aromatic N) is 3. The van der Waals surface area contributed by atoms with Gasteiger partial charge in [0.05, 0.1) is 27.0 Å². The molecule has 7 heteroatoms. The van der Waals surface area contributed by atoms with Crippen LogP contribution in [0.4, 0.5) is 0 Å². The summed E-state index contributed by atoms with van der Waals surface area (Å²) in [6.45, 7) is 5.04. The van der Waals surface area contributed by atoms with Crippen molar-refractivity contribution >= 4 is 0 Å². The fourth-order valence-corrected chi connectivity index (χ4v) is 4.14. The summed E-state index contributed by atoms with van der Waals surface area (Å²) in [4.78, 5) is 2.38. The number of fused-ring (bicyclic) bond motifs is 1. The molecule has 2 heterocycles. The fraction of sp³-hybridized carbons (Fsp3) is 0.375. The first kappa shape index (κ1) is 21.1. The molecule has 0 aliphatic carbocycles. The van der Waals surface area contributed by atoms with E-state index in [0.29, 0.717) is 18.1 Å². The normalized spacial score (nSPS) is 13.8. The molecule has 0 saturated heterocycles. The van der Waals surface area contributed by atoms with Gasteiger partial charge in [0.15, 0.2) is 23.0 Å². The third-order valence-electron chi connectivity index (χ3n) is 5.62. The molecule has 0 bridgehead atoms. The Bertz CT molecular complexity index is 1080. The van der Waals surface area contributed by atoms with E-state index in [0.717, 1.165) is 53.5 Å². The lowest BCUT2D eigenvalue weighted by molar-refractivity contribution is 0.216. The van der Waals surface area contributed by atoms with Gasteiger partial charge < -0.3 is 18.9 Å². The van der Waals surface area contributed by atoms with Gasteiger partial charge in [-0.25, -0.2) is 0 Å². The second-order valence-corrected chi connectivity index (χ2v) is 7.68. The van der Waals surface area contributed by atoms with Gasteiger partial charge in [0.25, 0.3) is 0 Å². The van der Waals surface area contributed by atoms with Gasteiger partial charge in [0, 0.05) is 49.6 Å². The van der Waals surface area contributed by atoms with Gasteiger partial charge in [-0.3, -0.25) is 9.58 Å². The van der Waals surface area contributed by atoms with Crippen LogP contribution in [0.2, 0.25) is 0 Å². The van der Waals surface area contributed by atoms with Crippen LogP contribution in [-0.2, 0) is 20.1 Å². The third-order valence-corrected chi connectivity index (χ3v) is 5.62. The summed E-state index contributed by atoms with van der Waals surface area (Å²) in [5.41, 5.74) is 5.30. The van der Waals surface area contributed by atoms with E-state index in [9.17, 15) is 0 Å². The Hall–Kier alpha value is -3.19. The second kappa shape index (κ2) is 8.89. The molecule has 0 amide bonds. The lowest BCUT2D eigenvalue weighted by Gasteiger charge is -2.20. The molecule has 0 saturated carbocycles. The first-order valence-electron chi connectivity index (χ1n) is 10.3. The van der Waals surface area contributed by atoms with E-state index in [2.05, 4.69) is 22.3 Å². The highest BCUT2D eigenvalue weighted by Gasteiger charge is 2.23. The highest BCUT2D eigenvalue weighted by atomic mass is 16.5. The van der Waals surface area contributed by atoms with Gasteiger partial charge in [-0.05, 0) is 30.7 Å². The highest BCUT2D eigenvalue weighted by molar-refractivity contribution is 5.77. The molecule has 1 aliphatic rings. The standard InChI is InChI=1S/C24H29N3O4/c1-16-19(13-26(2)25-16)15-27-9-10-31-23-18(14-27)11-17(12-22(23)29-4)20-7-6-8-21(28-3)24(20)30-5/h6-8,11-13H,9-10,14-15H2,1-5H3. The maximum absolute atomic E-state index is 6.12. The first-order chi connectivity index (χ1) is 15.0. The number of rotatable bonds is 6. The van der Waals surface area contributed by atoms with Crippen molar-refractivity contribution in [3.05, 3.63) is 53.3 Å². The number of aromatic nitrogens is 2. The lowest BCUT2D eigenvalue weighted by Crippen LogP contribution is -2.25. The SMILES string of the molecule is COc1cc(-c2cccc(OC)c2OC)cc2c1OCCN(Cc1cn(C)nc1C)C2. The van der Waals surface area contributed by atoms with E-state index < -0.39 is 0 Å². The Morgan fingerprint density at radius 3 is 2.55 bits per heavy atom. The summed E-state index contributed by atoms with van der Waals surface area (Å²) >= 11 is 0. The maximum atomic E-state index is 6.12. The zero-order valence-electron chi connectivity index (χ0n) is 18.8. The summed E-state index contributed by atoms with van der Waals surface area (Å²) in [5, 5.41) is 4.47. The van der Waals surface area contributed by atoms with Crippen LogP contribution in [0.5, 0.6) is 23.0 Å². The van der Waals surface area contributed by atoms with E-state index >= 15 is 0 Å². The minimum absolute atomic E-state index is 0.602. The number of hydrogen-bond acceptors (Lipinski definition) is 6. The molecule has 1 aliphatic heterocycles. The zero-order valence-corrected chi connectivity index (χ0v) is 18.8. The minimum atomic E-state index is 0.602. The summed E-state index contributed by atoms with van der Waals surface area (Å²) in [6.07, 6.45) is 2.08. The minimum Gasteiger partial charge on any atom is -0.493 e. The van der Waals surface area contributed by atoms with Crippen molar-refractivity contribution in [2.75, 3.05) is 34.5 Å². The third kappa shape index (κ3) is 4.18. The van der Waals surface area contributed by atoms with Crippen LogP contribution in [0.3, 0.4) is 0 Å². The van der Waals surface area contributed by atoms with Crippen molar-refractivity contribution in [3.8, 4) is 34.1 Å². The molecular formula is C24H29N3O4. The predicted octanol–water partition coefficient (Wildman–Crippen LogP) is 3.82. The Morgan fingerprint density at radius 1 is 1.06 bits per heavy atom. The second-order valence-electron chi connectivity index (χ2n) is 7.68. The Kier molecular flexibility index (Phi) is 6.04. The number of hydrogen-bond donors (Lipinski definition) is 0. The highest BCUT2D eigenvalue weighted by Crippen LogP contribution is 2.43. The summed E-state index contributed by atoms with van der Waals surface area (Å²) < 4.78 is 24.8. The van der Waals surface area contributed by atoms with E-state index in [4.69, 9.17) is 18.9 Å². The van der Waals surface area contributed by atoms with Gasteiger partial charge in [-0.1, -0.05) is 12.1 Å². The predicted molar refractivity (Wildman–Crippen MR) is 119 cm³/mol. The number of aryl methyl sites for hydroxylation is 2. The molecule has 0 unspecified atom stereocenters. The van der Waals surface area contributed by atoms with Crippen molar-refractivity contribution in [3.63, 3.8) is 0 Å². The van der Waals surface area contributed by atoms with Crippen LogP contribution in [0.1, 0.15) is 16.8 Å². The van der Waals surface area contributed by atoms with Gasteiger partial charge in [0.2, 0.25) is 0 Å². The van der Waals surface area contributed by atoms with Crippen molar-refractivity contribution in [2.24, 2.45) is 7.05 Å². The van der Waals surface area contributed by atoms with Crippen molar-refractivity contribution < 1.29 is 18.9 Å². The van der Waals surface area contributed by atoms with Crippen LogP contribution in [-0.4, -0.2) is 49.2 Å². The average Bonchev–Trinajstić information content (AvgIpc) is 2.96. The molecule has 2 aromatic carbocycles. The van der Waals surface area contributed by atoms with Gasteiger partial charge in [-0.2, -0.15) is 5.10 Å². The fourth-order valence-electron chi connectivity index (χ4n) is 4.14. The van der Waals surface area contributed by atoms with Gasteiger partial charge >= 0.3 is 0 Å². The Balaban J connectivity index is 1.73. The summed E-state index contributed by atoms with van der Waals surface area (Å²) in [6, 6.07) is 10.0. The molecule has 0 N–H and O–H groups in total. The Labute approximate surface area is 183 Å². The van der Waals surface area contributed by atoms with Crippen molar-refractivity contribution in [2.45, 2.75) is 20.0 Å². The molecule has 164 valence electrons. The van der Waals surface area contributed by atoms with Crippen molar-refractivity contribution in [1.29, 1.82) is 0 Å². The lowest BCUT2D eigenvalue weighted by atomic mass is 10.00. The molecule has 31 heavy (non-hydrogen) atoms. The largest absolute Gasteiger partial charge is 0.493 e. The average molecular weight is 424 g/mol. The molecule has 0 fully saturated rings. The molecule has 0 radical (unpaired) electrons. The van der Waals surface area contributed by atoms with E-state index in [1.165, 1.54) is 5.56 Å². The van der Waals surface area contributed by atoms with Crippen LogP contribution in [0, 0.1) is 6.92 Å². The van der Waals surface area contributed by atoms with E-state index in [-0.39, 0.29) is 0 Å². The smallest absolute Gasteiger partial charge is 0.168 e. The Morgan fingerprint density at radius 2 is 1.87 bits per heavy atom. The number of benzene rings is 2. The topological polar surface area (TPSA) is 58.0 Å². The van der Waals surface area contributed by atoms with Gasteiger partial charge in [-0.15, -0.1) is 0 Å². The molecule has 3 aromatic rings. The van der Waals surface area contributed by atoms with E-state index in [1.54, 1.807) is 21.3 Å². The number of methoxy groups -OCH3 is 3. The molecule has 0 spiro atoms. The van der Waals surface area contributed by atoms with Crippen LogP contribution in [0.15, 0.2) is 36.5 Å². The molecule has 7 nitrogen and oxygen atoms in total. The van der Waals surface area contributed by atoms with Gasteiger partial charge in [0.1, 0.15) is 6.61 Å².